The van der Waals surface area contributed by atoms with Gasteiger partial charge in [0.05, 0.1) is 28.9 Å². The van der Waals surface area contributed by atoms with Crippen LogP contribution in [-0.4, -0.2) is 38.4 Å². The fourth-order valence-electron chi connectivity index (χ4n) is 3.13. The number of benzene rings is 2. The van der Waals surface area contributed by atoms with Crippen LogP contribution in [0.3, 0.4) is 0 Å². The molecule has 0 saturated carbocycles. The summed E-state index contributed by atoms with van der Waals surface area (Å²) < 4.78 is 7.16. The molecule has 0 aliphatic heterocycles. The minimum atomic E-state index is -0.169. The third-order valence-electron chi connectivity index (χ3n) is 4.52. The summed E-state index contributed by atoms with van der Waals surface area (Å²) in [5.74, 6) is 1.63. The molecule has 0 unspecified atom stereocenters. The van der Waals surface area contributed by atoms with Crippen molar-refractivity contribution in [3.63, 3.8) is 0 Å². The number of nitrogens with one attached hydrogen (secondary N) is 1. The molecular formula is C21H20ClN5O2S. The van der Waals surface area contributed by atoms with Crippen LogP contribution < -0.4 is 10.1 Å². The zero-order valence-corrected chi connectivity index (χ0v) is 18.3. The van der Waals surface area contributed by atoms with Gasteiger partial charge in [-0.05, 0) is 30.3 Å². The molecule has 0 aliphatic carbocycles. The van der Waals surface area contributed by atoms with E-state index >= 15 is 0 Å². The van der Waals surface area contributed by atoms with Crippen LogP contribution in [0.15, 0.2) is 47.5 Å². The van der Waals surface area contributed by atoms with E-state index in [1.165, 1.54) is 11.8 Å². The predicted molar refractivity (Wildman–Crippen MR) is 120 cm³/mol. The molecule has 7 nitrogen and oxygen atoms in total. The number of hydrogen-bond donors (Lipinski definition) is 1. The van der Waals surface area contributed by atoms with E-state index in [-0.39, 0.29) is 17.6 Å². The molecule has 30 heavy (non-hydrogen) atoms. The van der Waals surface area contributed by atoms with Gasteiger partial charge in [-0.2, -0.15) is 0 Å². The van der Waals surface area contributed by atoms with E-state index in [0.717, 1.165) is 16.9 Å². The van der Waals surface area contributed by atoms with E-state index in [4.69, 9.17) is 21.3 Å². The number of aromatic nitrogens is 4. The van der Waals surface area contributed by atoms with Crippen molar-refractivity contribution in [1.29, 1.82) is 0 Å². The maximum atomic E-state index is 12.5. The molecule has 0 fully saturated rings. The number of rotatable bonds is 6. The van der Waals surface area contributed by atoms with Gasteiger partial charge in [0.25, 0.3) is 0 Å². The zero-order valence-electron chi connectivity index (χ0n) is 16.7. The number of thioether (sulfide) groups is 1. The number of halogens is 1. The van der Waals surface area contributed by atoms with Crippen molar-refractivity contribution in [2.75, 3.05) is 18.2 Å². The third kappa shape index (κ3) is 3.93. The summed E-state index contributed by atoms with van der Waals surface area (Å²) in [7, 11) is 1.54. The van der Waals surface area contributed by atoms with E-state index in [1.807, 2.05) is 28.7 Å². The maximum absolute atomic E-state index is 12.5. The number of amides is 1. The highest BCUT2D eigenvalue weighted by Crippen LogP contribution is 2.29. The molecular weight excluding hydrogens is 422 g/mol. The second kappa shape index (κ2) is 8.49. The van der Waals surface area contributed by atoms with Crippen LogP contribution in [0.25, 0.3) is 16.7 Å². The van der Waals surface area contributed by atoms with Crippen molar-refractivity contribution >= 4 is 51.6 Å². The Morgan fingerprint density at radius 3 is 2.77 bits per heavy atom. The van der Waals surface area contributed by atoms with Crippen molar-refractivity contribution in [3.8, 4) is 5.75 Å². The molecule has 2 aromatic heterocycles. The summed E-state index contributed by atoms with van der Waals surface area (Å²) in [6, 6.07) is 13.0. The fraction of sp³-hybridized carbons (Fsp3) is 0.238. The maximum Gasteiger partial charge on any atom is 0.234 e. The Bertz CT molecular complexity index is 1240. The van der Waals surface area contributed by atoms with Crippen molar-refractivity contribution in [3.05, 3.63) is 53.3 Å². The quantitative estimate of drug-likeness (QED) is 0.433. The standard InChI is InChI=1S/C21H20ClN5O2S/c1-12(2)19-25-26-20-21(24-15-6-4-5-7-16(15)27(19)20)30-11-18(28)23-13-8-9-17(29-3)14(22)10-13/h4-10,12H,11H2,1-3H3,(H,23,28). The van der Waals surface area contributed by atoms with E-state index < -0.39 is 0 Å². The van der Waals surface area contributed by atoms with E-state index in [1.54, 1.807) is 25.3 Å². The smallest absolute Gasteiger partial charge is 0.234 e. The van der Waals surface area contributed by atoms with Crippen molar-refractivity contribution in [2.45, 2.75) is 24.8 Å². The molecule has 0 spiro atoms. The van der Waals surface area contributed by atoms with Crippen LogP contribution >= 0.6 is 23.4 Å². The molecule has 2 heterocycles. The van der Waals surface area contributed by atoms with Gasteiger partial charge in [-0.15, -0.1) is 10.2 Å². The van der Waals surface area contributed by atoms with Gasteiger partial charge in [0, 0.05) is 11.6 Å². The molecule has 0 saturated heterocycles. The zero-order chi connectivity index (χ0) is 21.3. The SMILES string of the molecule is COc1ccc(NC(=O)CSc2nc3ccccc3n3c(C(C)C)nnc23)cc1Cl. The number of ether oxygens (including phenoxy) is 1. The molecule has 1 amide bonds. The van der Waals surface area contributed by atoms with Crippen LogP contribution in [-0.2, 0) is 4.79 Å². The first-order chi connectivity index (χ1) is 14.5. The van der Waals surface area contributed by atoms with Gasteiger partial charge in [-0.3, -0.25) is 9.20 Å². The van der Waals surface area contributed by atoms with Crippen molar-refractivity contribution in [2.24, 2.45) is 0 Å². The largest absolute Gasteiger partial charge is 0.495 e. The van der Waals surface area contributed by atoms with Crippen molar-refractivity contribution < 1.29 is 9.53 Å². The number of nitrogens with zero attached hydrogens (tertiary/aromatic N) is 4. The van der Waals surface area contributed by atoms with Gasteiger partial charge in [-0.1, -0.05) is 49.3 Å². The minimum absolute atomic E-state index is 0.169. The number of hydrogen-bond acceptors (Lipinski definition) is 6. The highest BCUT2D eigenvalue weighted by atomic mass is 35.5. The second-order valence-electron chi connectivity index (χ2n) is 6.96. The van der Waals surface area contributed by atoms with Gasteiger partial charge < -0.3 is 10.1 Å². The number of anilines is 1. The van der Waals surface area contributed by atoms with Crippen LogP contribution in [0.2, 0.25) is 5.02 Å². The highest BCUT2D eigenvalue weighted by Gasteiger charge is 2.18. The monoisotopic (exact) mass is 441 g/mol. The van der Waals surface area contributed by atoms with E-state index in [9.17, 15) is 4.79 Å². The summed E-state index contributed by atoms with van der Waals surface area (Å²) in [6.07, 6.45) is 0. The number of fused-ring (bicyclic) bond motifs is 3. The van der Waals surface area contributed by atoms with Gasteiger partial charge in [0.15, 0.2) is 5.65 Å². The number of carbonyl (C=O) groups is 1. The lowest BCUT2D eigenvalue weighted by Gasteiger charge is -2.10. The number of carbonyl (C=O) groups excluding carboxylic acids is 1. The lowest BCUT2D eigenvalue weighted by atomic mass is 10.2. The average Bonchev–Trinajstić information content (AvgIpc) is 3.18. The molecule has 2 aromatic carbocycles. The van der Waals surface area contributed by atoms with Gasteiger partial charge in [0.2, 0.25) is 5.91 Å². The van der Waals surface area contributed by atoms with E-state index in [2.05, 4.69) is 29.4 Å². The molecule has 154 valence electrons. The topological polar surface area (TPSA) is 81.4 Å². The lowest BCUT2D eigenvalue weighted by Crippen LogP contribution is -2.14. The van der Waals surface area contributed by atoms with Crippen LogP contribution in [0, 0.1) is 0 Å². The Hall–Kier alpha value is -2.84. The highest BCUT2D eigenvalue weighted by molar-refractivity contribution is 8.00. The van der Waals surface area contributed by atoms with Crippen LogP contribution in [0.4, 0.5) is 5.69 Å². The number of methoxy groups -OCH3 is 1. The molecule has 1 N–H and O–H groups in total. The Kier molecular flexibility index (Phi) is 5.78. The fourth-order valence-corrected chi connectivity index (χ4v) is 4.15. The molecule has 0 atom stereocenters. The van der Waals surface area contributed by atoms with Crippen LogP contribution in [0.5, 0.6) is 5.75 Å². The summed E-state index contributed by atoms with van der Waals surface area (Å²) in [5, 5.41) is 12.6. The Labute approximate surface area is 182 Å². The summed E-state index contributed by atoms with van der Waals surface area (Å²) in [6.45, 7) is 4.15. The molecule has 9 heteroatoms. The normalized spacial score (nSPS) is 11.4. The van der Waals surface area contributed by atoms with Gasteiger partial charge >= 0.3 is 0 Å². The summed E-state index contributed by atoms with van der Waals surface area (Å²) in [4.78, 5) is 17.2. The minimum Gasteiger partial charge on any atom is -0.495 e. The molecule has 0 radical (unpaired) electrons. The molecule has 4 aromatic rings. The second-order valence-corrected chi connectivity index (χ2v) is 8.34. The van der Waals surface area contributed by atoms with Crippen LogP contribution in [0.1, 0.15) is 25.6 Å². The molecule has 4 rings (SSSR count). The first kappa shape index (κ1) is 20.4. The molecule has 0 aliphatic rings. The summed E-state index contributed by atoms with van der Waals surface area (Å²) in [5.41, 5.74) is 3.04. The Balaban J connectivity index is 1.59. The third-order valence-corrected chi connectivity index (χ3v) is 5.77. The Morgan fingerprint density at radius 2 is 2.03 bits per heavy atom. The average molecular weight is 442 g/mol. The molecule has 0 bridgehead atoms. The predicted octanol–water partition coefficient (Wildman–Crippen LogP) is 4.79. The lowest BCUT2D eigenvalue weighted by molar-refractivity contribution is -0.113. The van der Waals surface area contributed by atoms with Crippen molar-refractivity contribution in [1.82, 2.24) is 19.6 Å². The summed E-state index contributed by atoms with van der Waals surface area (Å²) >= 11 is 7.45. The number of para-hydroxylation sites is 2. The first-order valence-corrected chi connectivity index (χ1v) is 10.7. The van der Waals surface area contributed by atoms with Gasteiger partial charge in [-0.25, -0.2) is 4.98 Å². The van der Waals surface area contributed by atoms with E-state index in [0.29, 0.717) is 27.1 Å². The first-order valence-electron chi connectivity index (χ1n) is 9.38. The Morgan fingerprint density at radius 1 is 1.23 bits per heavy atom. The van der Waals surface area contributed by atoms with Gasteiger partial charge in [0.1, 0.15) is 16.6 Å².